The molecule has 0 spiro atoms. The molecule has 10 heteroatoms. The molecule has 160 valence electrons. The third-order valence-electron chi connectivity index (χ3n) is 3.61. The smallest absolute Gasteiger partial charge is 0.408 e. The van der Waals surface area contributed by atoms with Crippen molar-refractivity contribution in [1.29, 1.82) is 0 Å². The van der Waals surface area contributed by atoms with Crippen LogP contribution in [-0.4, -0.2) is 37.2 Å². The van der Waals surface area contributed by atoms with Gasteiger partial charge in [-0.15, -0.1) is 0 Å². The van der Waals surface area contributed by atoms with E-state index in [0.29, 0.717) is 5.69 Å². The van der Waals surface area contributed by atoms with Crippen molar-refractivity contribution in [3.8, 4) is 5.75 Å². The minimum absolute atomic E-state index is 0.0397. The number of benzene rings is 2. The first-order valence-corrected chi connectivity index (χ1v) is 8.82. The summed E-state index contributed by atoms with van der Waals surface area (Å²) in [5.41, 5.74) is 1.08. The second-order valence-corrected chi connectivity index (χ2v) is 5.99. The maximum Gasteiger partial charge on any atom is 0.408 e. The molecule has 0 radical (unpaired) electrons. The summed E-state index contributed by atoms with van der Waals surface area (Å²) in [6.07, 6.45) is -0.807. The fourth-order valence-corrected chi connectivity index (χ4v) is 2.18. The lowest BCUT2D eigenvalue weighted by molar-refractivity contribution is -0.148. The first-order chi connectivity index (χ1) is 14.3. The van der Waals surface area contributed by atoms with Crippen LogP contribution in [0.5, 0.6) is 5.75 Å². The Kier molecular flexibility index (Phi) is 8.55. The molecule has 0 aromatic heterocycles. The molecule has 0 aliphatic heterocycles. The molecule has 8 nitrogen and oxygen atoms in total. The number of nitrogens with one attached hydrogen (secondary N) is 2. The summed E-state index contributed by atoms with van der Waals surface area (Å²) in [5.74, 6) is -1.54. The zero-order valence-corrected chi connectivity index (χ0v) is 16.0. The fraction of sp³-hybridized carbons (Fsp3) is 0.250. The van der Waals surface area contributed by atoms with Gasteiger partial charge in [0.2, 0.25) is 0 Å². The maximum absolute atomic E-state index is 12.1. The zero-order chi connectivity index (χ0) is 21.9. The van der Waals surface area contributed by atoms with Gasteiger partial charge in [0.15, 0.2) is 6.61 Å². The van der Waals surface area contributed by atoms with Crippen LogP contribution in [0.3, 0.4) is 0 Å². The van der Waals surface area contributed by atoms with Gasteiger partial charge in [-0.2, -0.15) is 8.78 Å². The van der Waals surface area contributed by atoms with E-state index in [1.807, 2.05) is 6.07 Å². The minimum Gasteiger partial charge on any atom is -0.454 e. The minimum atomic E-state index is -2.95. The topological polar surface area (TPSA) is 103 Å². The van der Waals surface area contributed by atoms with Crippen LogP contribution in [-0.2, 0) is 25.7 Å². The molecule has 2 aromatic carbocycles. The van der Waals surface area contributed by atoms with E-state index in [0.717, 1.165) is 5.56 Å². The lowest BCUT2D eigenvalue weighted by atomic mass is 10.2. The summed E-state index contributed by atoms with van der Waals surface area (Å²) in [6.45, 7) is -2.13. The van der Waals surface area contributed by atoms with Crippen LogP contribution in [0.15, 0.2) is 54.6 Å². The third kappa shape index (κ3) is 8.13. The van der Waals surface area contributed by atoms with Crippen molar-refractivity contribution in [1.82, 2.24) is 5.32 Å². The summed E-state index contributed by atoms with van der Waals surface area (Å²) in [5, 5.41) is 4.73. The molecule has 2 N–H and O–H groups in total. The molecular formula is C20H20F2N2O6. The van der Waals surface area contributed by atoms with Crippen LogP contribution in [0.2, 0.25) is 0 Å². The number of hydrogen-bond acceptors (Lipinski definition) is 6. The number of rotatable bonds is 9. The second kappa shape index (κ2) is 11.3. The Labute approximate surface area is 171 Å². The first-order valence-electron chi connectivity index (χ1n) is 8.82. The van der Waals surface area contributed by atoms with E-state index in [1.165, 1.54) is 31.2 Å². The summed E-state index contributed by atoms with van der Waals surface area (Å²) in [4.78, 5) is 35.5. The predicted octanol–water partition coefficient (Wildman–Crippen LogP) is 3.08. The van der Waals surface area contributed by atoms with Gasteiger partial charge in [-0.05, 0) is 36.8 Å². The number of esters is 1. The molecule has 0 unspecified atom stereocenters. The largest absolute Gasteiger partial charge is 0.454 e. The molecule has 2 rings (SSSR count). The molecule has 0 heterocycles. The maximum atomic E-state index is 12.1. The van der Waals surface area contributed by atoms with Gasteiger partial charge < -0.3 is 24.8 Å². The second-order valence-electron chi connectivity index (χ2n) is 5.99. The van der Waals surface area contributed by atoms with Crippen LogP contribution in [0, 0.1) is 0 Å². The van der Waals surface area contributed by atoms with E-state index >= 15 is 0 Å². The van der Waals surface area contributed by atoms with E-state index in [-0.39, 0.29) is 12.4 Å². The van der Waals surface area contributed by atoms with Gasteiger partial charge in [0.05, 0.1) is 0 Å². The number of ether oxygens (including phenoxy) is 3. The van der Waals surface area contributed by atoms with Crippen molar-refractivity contribution in [2.75, 3.05) is 11.9 Å². The fourth-order valence-electron chi connectivity index (χ4n) is 2.18. The van der Waals surface area contributed by atoms with Gasteiger partial charge in [-0.25, -0.2) is 9.59 Å². The van der Waals surface area contributed by atoms with Gasteiger partial charge in [-0.1, -0.05) is 30.3 Å². The lowest BCUT2D eigenvalue weighted by Gasteiger charge is -2.13. The number of alkyl carbamates (subject to hydrolysis) is 1. The zero-order valence-electron chi connectivity index (χ0n) is 16.0. The van der Waals surface area contributed by atoms with Gasteiger partial charge >= 0.3 is 18.7 Å². The molecule has 30 heavy (non-hydrogen) atoms. The Balaban J connectivity index is 1.69. The molecule has 0 saturated carbocycles. The Morgan fingerprint density at radius 1 is 0.967 bits per heavy atom. The average Bonchev–Trinajstić information content (AvgIpc) is 2.72. The monoisotopic (exact) mass is 422 g/mol. The van der Waals surface area contributed by atoms with Crippen LogP contribution in [0.25, 0.3) is 0 Å². The number of alkyl halides is 2. The van der Waals surface area contributed by atoms with E-state index in [1.54, 1.807) is 24.3 Å². The summed E-state index contributed by atoms with van der Waals surface area (Å²) in [6, 6.07) is 13.2. The quantitative estimate of drug-likeness (QED) is 0.602. The normalized spacial score (nSPS) is 11.3. The van der Waals surface area contributed by atoms with Crippen molar-refractivity contribution in [2.24, 2.45) is 0 Å². The Hall–Kier alpha value is -3.69. The van der Waals surface area contributed by atoms with Crippen LogP contribution in [0.1, 0.15) is 12.5 Å². The SMILES string of the molecule is C[C@@H](NC(=O)OCc1ccccc1)C(=O)OCC(=O)Nc1ccc(OC(F)F)cc1. The predicted molar refractivity (Wildman–Crippen MR) is 102 cm³/mol. The number of anilines is 1. The summed E-state index contributed by atoms with van der Waals surface area (Å²) in [7, 11) is 0. The highest BCUT2D eigenvalue weighted by atomic mass is 19.3. The highest BCUT2D eigenvalue weighted by Crippen LogP contribution is 2.17. The van der Waals surface area contributed by atoms with Crippen LogP contribution < -0.4 is 15.4 Å². The molecule has 0 aliphatic rings. The van der Waals surface area contributed by atoms with Crippen LogP contribution >= 0.6 is 0 Å². The molecule has 1 atom stereocenters. The van der Waals surface area contributed by atoms with Crippen LogP contribution in [0.4, 0.5) is 19.3 Å². The number of amides is 2. The van der Waals surface area contributed by atoms with E-state index < -0.39 is 37.2 Å². The van der Waals surface area contributed by atoms with Gasteiger partial charge in [-0.3, -0.25) is 4.79 Å². The molecule has 2 amide bonds. The molecule has 0 fully saturated rings. The van der Waals surface area contributed by atoms with Crippen molar-refractivity contribution in [2.45, 2.75) is 26.2 Å². The van der Waals surface area contributed by atoms with Crippen molar-refractivity contribution < 1.29 is 37.4 Å². The van der Waals surface area contributed by atoms with Gasteiger partial charge in [0.25, 0.3) is 5.91 Å². The molecule has 0 bridgehead atoms. The number of hydrogen-bond donors (Lipinski definition) is 2. The lowest BCUT2D eigenvalue weighted by Crippen LogP contribution is -2.40. The average molecular weight is 422 g/mol. The number of carbonyl (C=O) groups excluding carboxylic acids is 3. The van der Waals surface area contributed by atoms with Crippen molar-refractivity contribution >= 4 is 23.7 Å². The number of halogens is 2. The van der Waals surface area contributed by atoms with E-state index in [2.05, 4.69) is 15.4 Å². The highest BCUT2D eigenvalue weighted by Gasteiger charge is 2.19. The standard InChI is InChI=1S/C20H20F2N2O6/c1-13(23-20(27)29-11-14-5-3-2-4-6-14)18(26)28-12-17(25)24-15-7-9-16(10-8-15)30-19(21)22/h2-10,13,19H,11-12H2,1H3,(H,23,27)(H,24,25)/t13-/m1/s1. The molecule has 0 saturated heterocycles. The van der Waals surface area contributed by atoms with E-state index in [9.17, 15) is 23.2 Å². The summed E-state index contributed by atoms with van der Waals surface area (Å²) < 4.78 is 38.2. The molecule has 2 aromatic rings. The van der Waals surface area contributed by atoms with Gasteiger partial charge in [0, 0.05) is 5.69 Å². The highest BCUT2D eigenvalue weighted by molar-refractivity contribution is 5.93. The Morgan fingerprint density at radius 2 is 1.63 bits per heavy atom. The molecule has 0 aliphatic carbocycles. The Morgan fingerprint density at radius 3 is 2.27 bits per heavy atom. The first kappa shape index (κ1) is 22.6. The third-order valence-corrected chi connectivity index (χ3v) is 3.61. The van der Waals surface area contributed by atoms with Gasteiger partial charge in [0.1, 0.15) is 18.4 Å². The molecular weight excluding hydrogens is 402 g/mol. The number of carbonyl (C=O) groups is 3. The van der Waals surface area contributed by atoms with E-state index in [4.69, 9.17) is 9.47 Å². The summed E-state index contributed by atoms with van der Waals surface area (Å²) >= 11 is 0. The Bertz CT molecular complexity index is 846. The van der Waals surface area contributed by atoms with Crippen molar-refractivity contribution in [3.63, 3.8) is 0 Å². The van der Waals surface area contributed by atoms with Crippen molar-refractivity contribution in [3.05, 3.63) is 60.2 Å².